The highest BCUT2D eigenvalue weighted by Gasteiger charge is 2.15. The van der Waals surface area contributed by atoms with Crippen LogP contribution >= 0.6 is 0 Å². The van der Waals surface area contributed by atoms with Gasteiger partial charge in [-0.25, -0.2) is 0 Å². The van der Waals surface area contributed by atoms with Crippen LogP contribution in [0.25, 0.3) is 16.6 Å². The van der Waals surface area contributed by atoms with Gasteiger partial charge in [-0.2, -0.15) is 0 Å². The second kappa shape index (κ2) is 7.11. The van der Waals surface area contributed by atoms with Gasteiger partial charge < -0.3 is 14.3 Å². The van der Waals surface area contributed by atoms with Gasteiger partial charge in [0.1, 0.15) is 5.65 Å². The Hall–Kier alpha value is -3.34. The van der Waals surface area contributed by atoms with E-state index in [1.165, 1.54) is 5.56 Å². The van der Waals surface area contributed by atoms with Crippen LogP contribution in [0.5, 0.6) is 0 Å². The summed E-state index contributed by atoms with van der Waals surface area (Å²) in [5.74, 6) is -0.0447. The van der Waals surface area contributed by atoms with Gasteiger partial charge in [0.15, 0.2) is 0 Å². The number of carbonyl (C=O) groups is 1. The molecule has 5 heteroatoms. The number of aromatic nitrogens is 2. The van der Waals surface area contributed by atoms with Crippen molar-refractivity contribution in [1.82, 2.24) is 14.3 Å². The lowest BCUT2D eigenvalue weighted by atomic mass is 10.1. The zero-order chi connectivity index (χ0) is 18.8. The van der Waals surface area contributed by atoms with Crippen LogP contribution in [0.3, 0.4) is 0 Å². The number of hydrogen-bond donors (Lipinski definition) is 1. The number of carbonyl (C=O) groups excluding carboxylic acids is 1. The third-order valence-electron chi connectivity index (χ3n) is 4.87. The van der Waals surface area contributed by atoms with Crippen LogP contribution < -0.4 is 5.56 Å². The van der Waals surface area contributed by atoms with Crippen molar-refractivity contribution in [2.24, 2.45) is 0 Å². The van der Waals surface area contributed by atoms with E-state index in [1.807, 2.05) is 47.8 Å². The van der Waals surface area contributed by atoms with Crippen molar-refractivity contribution < 1.29 is 4.79 Å². The average molecular weight is 359 g/mol. The van der Waals surface area contributed by atoms with Crippen LogP contribution in [0.2, 0.25) is 0 Å². The van der Waals surface area contributed by atoms with Crippen molar-refractivity contribution in [3.05, 3.63) is 88.3 Å². The number of hydrogen-bond acceptors (Lipinski definition) is 2. The van der Waals surface area contributed by atoms with E-state index in [9.17, 15) is 9.59 Å². The predicted molar refractivity (Wildman–Crippen MR) is 107 cm³/mol. The average Bonchev–Trinajstić information content (AvgIpc) is 3.12. The first-order chi connectivity index (χ1) is 13.1. The molecule has 4 rings (SSSR count). The van der Waals surface area contributed by atoms with E-state index in [0.717, 1.165) is 18.4 Å². The summed E-state index contributed by atoms with van der Waals surface area (Å²) in [7, 11) is 1.82. The van der Waals surface area contributed by atoms with Crippen LogP contribution in [0.15, 0.2) is 71.7 Å². The summed E-state index contributed by atoms with van der Waals surface area (Å²) in [5.41, 5.74) is 3.12. The molecule has 1 N–H and O–H groups in total. The van der Waals surface area contributed by atoms with Gasteiger partial charge in [0.05, 0.1) is 16.5 Å². The van der Waals surface area contributed by atoms with E-state index in [1.54, 1.807) is 23.2 Å². The molecule has 0 saturated heterocycles. The molecule has 0 spiro atoms. The number of rotatable bonds is 5. The summed E-state index contributed by atoms with van der Waals surface area (Å²) >= 11 is 0. The van der Waals surface area contributed by atoms with Crippen molar-refractivity contribution in [3.63, 3.8) is 0 Å². The third kappa shape index (κ3) is 3.36. The maximum Gasteiger partial charge on any atom is 0.258 e. The fraction of sp³-hybridized carbons (Fsp3) is 0.182. The quantitative estimate of drug-likeness (QED) is 0.593. The smallest absolute Gasteiger partial charge is 0.258 e. The third-order valence-corrected chi connectivity index (χ3v) is 4.87. The topological polar surface area (TPSA) is 57.6 Å². The number of nitrogens with zero attached hydrogens (tertiary/aromatic N) is 2. The first-order valence-electron chi connectivity index (χ1n) is 9.06. The Morgan fingerprint density at radius 1 is 1.07 bits per heavy atom. The van der Waals surface area contributed by atoms with E-state index in [2.05, 4.69) is 17.1 Å². The SMILES string of the molecule is CN(CCCc1ccccc1)C(=O)c1cc2[nH]c(=O)c3ccccc3n2c1. The molecule has 5 nitrogen and oxygen atoms in total. The van der Waals surface area contributed by atoms with E-state index in [-0.39, 0.29) is 11.5 Å². The Morgan fingerprint density at radius 2 is 1.81 bits per heavy atom. The lowest BCUT2D eigenvalue weighted by Gasteiger charge is -2.16. The molecule has 0 fully saturated rings. The molecular weight excluding hydrogens is 338 g/mol. The Kier molecular flexibility index (Phi) is 4.50. The summed E-state index contributed by atoms with van der Waals surface area (Å²) in [6.45, 7) is 0.678. The van der Waals surface area contributed by atoms with Crippen LogP contribution in [-0.2, 0) is 6.42 Å². The second-order valence-corrected chi connectivity index (χ2v) is 6.77. The summed E-state index contributed by atoms with van der Waals surface area (Å²) < 4.78 is 1.86. The molecule has 0 saturated carbocycles. The number of benzene rings is 2. The number of nitrogens with one attached hydrogen (secondary N) is 1. The highest BCUT2D eigenvalue weighted by Crippen LogP contribution is 2.16. The molecule has 0 radical (unpaired) electrons. The molecule has 1 amide bonds. The van der Waals surface area contributed by atoms with Crippen molar-refractivity contribution >= 4 is 22.5 Å². The van der Waals surface area contributed by atoms with Crippen molar-refractivity contribution in [3.8, 4) is 0 Å². The minimum atomic E-state index is -0.147. The Morgan fingerprint density at radius 3 is 2.63 bits per heavy atom. The van der Waals surface area contributed by atoms with Gasteiger partial charge in [-0.3, -0.25) is 9.59 Å². The zero-order valence-electron chi connectivity index (χ0n) is 15.2. The molecule has 0 aliphatic carbocycles. The zero-order valence-corrected chi connectivity index (χ0v) is 15.2. The molecule has 2 aromatic heterocycles. The van der Waals surface area contributed by atoms with Crippen molar-refractivity contribution in [2.75, 3.05) is 13.6 Å². The number of H-pyrrole nitrogens is 1. The highest BCUT2D eigenvalue weighted by atomic mass is 16.2. The van der Waals surface area contributed by atoms with E-state index < -0.39 is 0 Å². The fourth-order valence-corrected chi connectivity index (χ4v) is 3.42. The standard InChI is InChI=1S/C22H21N3O2/c1-24(13-7-10-16-8-3-2-4-9-16)22(27)17-14-20-23-21(26)18-11-5-6-12-19(18)25(20)15-17/h2-6,8-9,11-12,14-15H,7,10,13H2,1H3,(H,23,26). The molecule has 2 aromatic carbocycles. The maximum absolute atomic E-state index is 12.8. The Labute approximate surface area is 156 Å². The largest absolute Gasteiger partial charge is 0.342 e. The minimum absolute atomic E-state index is 0.0447. The number of fused-ring (bicyclic) bond motifs is 3. The monoisotopic (exact) mass is 359 g/mol. The number of para-hydroxylation sites is 1. The Bertz CT molecular complexity index is 1160. The van der Waals surface area contributed by atoms with E-state index >= 15 is 0 Å². The van der Waals surface area contributed by atoms with Crippen LogP contribution in [0.4, 0.5) is 0 Å². The van der Waals surface area contributed by atoms with Crippen molar-refractivity contribution in [1.29, 1.82) is 0 Å². The number of amides is 1. The van der Waals surface area contributed by atoms with Gasteiger partial charge in [-0.15, -0.1) is 0 Å². The minimum Gasteiger partial charge on any atom is -0.342 e. The van der Waals surface area contributed by atoms with E-state index in [0.29, 0.717) is 23.1 Å². The van der Waals surface area contributed by atoms with Gasteiger partial charge in [0, 0.05) is 19.8 Å². The molecule has 27 heavy (non-hydrogen) atoms. The highest BCUT2D eigenvalue weighted by molar-refractivity contribution is 5.96. The summed E-state index contributed by atoms with van der Waals surface area (Å²) in [6, 6.07) is 19.4. The summed E-state index contributed by atoms with van der Waals surface area (Å²) in [5, 5.41) is 0.607. The molecule has 0 aliphatic heterocycles. The summed E-state index contributed by atoms with van der Waals surface area (Å²) in [4.78, 5) is 29.6. The fourth-order valence-electron chi connectivity index (χ4n) is 3.42. The van der Waals surface area contributed by atoms with Crippen LogP contribution in [-0.4, -0.2) is 33.8 Å². The molecule has 0 aliphatic rings. The van der Waals surface area contributed by atoms with Gasteiger partial charge in [-0.1, -0.05) is 42.5 Å². The molecule has 0 bridgehead atoms. The van der Waals surface area contributed by atoms with Gasteiger partial charge in [0.25, 0.3) is 11.5 Å². The second-order valence-electron chi connectivity index (χ2n) is 6.77. The van der Waals surface area contributed by atoms with Crippen molar-refractivity contribution in [2.45, 2.75) is 12.8 Å². The normalized spacial score (nSPS) is 11.1. The molecule has 0 atom stereocenters. The first kappa shape index (κ1) is 17.1. The molecular formula is C22H21N3O2. The Balaban J connectivity index is 1.54. The molecule has 136 valence electrons. The molecule has 4 aromatic rings. The maximum atomic E-state index is 12.8. The molecule has 0 unspecified atom stereocenters. The lowest BCUT2D eigenvalue weighted by molar-refractivity contribution is 0.0793. The van der Waals surface area contributed by atoms with Gasteiger partial charge in [0.2, 0.25) is 0 Å². The predicted octanol–water partition coefficient (Wildman–Crippen LogP) is 3.49. The number of aromatic amines is 1. The van der Waals surface area contributed by atoms with E-state index in [4.69, 9.17) is 0 Å². The van der Waals surface area contributed by atoms with Gasteiger partial charge >= 0.3 is 0 Å². The summed E-state index contributed by atoms with van der Waals surface area (Å²) in [6.07, 6.45) is 3.64. The first-order valence-corrected chi connectivity index (χ1v) is 9.06. The van der Waals surface area contributed by atoms with Gasteiger partial charge in [-0.05, 0) is 36.6 Å². The van der Waals surface area contributed by atoms with Crippen LogP contribution in [0.1, 0.15) is 22.3 Å². The number of aryl methyl sites for hydroxylation is 1. The van der Waals surface area contributed by atoms with Crippen LogP contribution in [0, 0.1) is 0 Å². The lowest BCUT2D eigenvalue weighted by Crippen LogP contribution is -2.27. The molecule has 2 heterocycles.